The molecule has 0 amide bonds. The Morgan fingerprint density at radius 3 is 2.82 bits per heavy atom. The van der Waals surface area contributed by atoms with E-state index in [0.717, 1.165) is 29.8 Å². The topological polar surface area (TPSA) is 49.8 Å². The standard InChI is InChI=1S/C13H18N4/c1-10(7-14-2)8-15-13-11-5-3-4-6-12(11)16-9-17-13/h3-6,9-10,14H,7-8H2,1-2H3,(H,15,16,17). The Balaban J connectivity index is 2.13. The van der Waals surface area contributed by atoms with Gasteiger partial charge in [-0.15, -0.1) is 0 Å². The highest BCUT2D eigenvalue weighted by molar-refractivity contribution is 5.88. The Kier molecular flexibility index (Phi) is 3.88. The van der Waals surface area contributed by atoms with Gasteiger partial charge in [-0.2, -0.15) is 0 Å². The van der Waals surface area contributed by atoms with Crippen LogP contribution in [0, 0.1) is 5.92 Å². The molecule has 1 aromatic carbocycles. The molecule has 0 radical (unpaired) electrons. The van der Waals surface area contributed by atoms with E-state index in [1.807, 2.05) is 31.3 Å². The van der Waals surface area contributed by atoms with Gasteiger partial charge in [0, 0.05) is 11.9 Å². The van der Waals surface area contributed by atoms with Crippen molar-refractivity contribution < 1.29 is 0 Å². The van der Waals surface area contributed by atoms with Crippen LogP contribution >= 0.6 is 0 Å². The molecule has 2 N–H and O–H groups in total. The van der Waals surface area contributed by atoms with Crippen molar-refractivity contribution in [1.29, 1.82) is 0 Å². The van der Waals surface area contributed by atoms with Crippen molar-refractivity contribution in [2.24, 2.45) is 5.92 Å². The number of para-hydroxylation sites is 1. The fourth-order valence-electron chi connectivity index (χ4n) is 1.84. The van der Waals surface area contributed by atoms with Gasteiger partial charge in [0.25, 0.3) is 0 Å². The summed E-state index contributed by atoms with van der Waals surface area (Å²) in [6, 6.07) is 8.04. The summed E-state index contributed by atoms with van der Waals surface area (Å²) in [5.41, 5.74) is 0.978. The maximum absolute atomic E-state index is 4.30. The normalized spacial score (nSPS) is 12.6. The number of nitrogens with zero attached hydrogens (tertiary/aromatic N) is 2. The number of fused-ring (bicyclic) bond motifs is 1. The second-order valence-electron chi connectivity index (χ2n) is 4.28. The summed E-state index contributed by atoms with van der Waals surface area (Å²) >= 11 is 0. The molecule has 4 nitrogen and oxygen atoms in total. The zero-order valence-electron chi connectivity index (χ0n) is 10.3. The monoisotopic (exact) mass is 230 g/mol. The smallest absolute Gasteiger partial charge is 0.137 e. The first-order valence-electron chi connectivity index (χ1n) is 5.89. The molecule has 0 aliphatic rings. The van der Waals surface area contributed by atoms with Crippen molar-refractivity contribution in [3.05, 3.63) is 30.6 Å². The molecule has 0 fully saturated rings. The van der Waals surface area contributed by atoms with Crippen LogP contribution in [0.1, 0.15) is 6.92 Å². The van der Waals surface area contributed by atoms with Crippen LogP contribution in [0.4, 0.5) is 5.82 Å². The predicted molar refractivity (Wildman–Crippen MR) is 71.1 cm³/mol. The first-order chi connectivity index (χ1) is 8.31. The lowest BCUT2D eigenvalue weighted by atomic mass is 10.1. The number of hydrogen-bond acceptors (Lipinski definition) is 4. The van der Waals surface area contributed by atoms with Crippen molar-refractivity contribution in [3.8, 4) is 0 Å². The fourth-order valence-corrected chi connectivity index (χ4v) is 1.84. The van der Waals surface area contributed by atoms with Gasteiger partial charge in [0.1, 0.15) is 12.1 Å². The highest BCUT2D eigenvalue weighted by Gasteiger charge is 2.04. The molecule has 17 heavy (non-hydrogen) atoms. The Morgan fingerprint density at radius 2 is 2.00 bits per heavy atom. The zero-order valence-corrected chi connectivity index (χ0v) is 10.3. The number of benzene rings is 1. The summed E-state index contributed by atoms with van der Waals surface area (Å²) in [4.78, 5) is 8.54. The van der Waals surface area contributed by atoms with Gasteiger partial charge in [-0.3, -0.25) is 0 Å². The molecule has 1 atom stereocenters. The van der Waals surface area contributed by atoms with Crippen LogP contribution in [-0.4, -0.2) is 30.1 Å². The lowest BCUT2D eigenvalue weighted by Crippen LogP contribution is -2.23. The summed E-state index contributed by atoms with van der Waals surface area (Å²) in [6.45, 7) is 4.10. The van der Waals surface area contributed by atoms with Gasteiger partial charge in [0.05, 0.1) is 5.52 Å². The van der Waals surface area contributed by atoms with E-state index in [1.54, 1.807) is 6.33 Å². The summed E-state index contributed by atoms with van der Waals surface area (Å²) in [5.74, 6) is 1.48. The van der Waals surface area contributed by atoms with Crippen molar-refractivity contribution in [3.63, 3.8) is 0 Å². The molecule has 0 saturated heterocycles. The van der Waals surface area contributed by atoms with Crippen molar-refractivity contribution in [2.45, 2.75) is 6.92 Å². The van der Waals surface area contributed by atoms with Gasteiger partial charge in [0.15, 0.2) is 0 Å². The van der Waals surface area contributed by atoms with Gasteiger partial charge in [-0.1, -0.05) is 19.1 Å². The molecule has 1 heterocycles. The average Bonchev–Trinajstić information content (AvgIpc) is 2.36. The third kappa shape index (κ3) is 2.91. The molecule has 4 heteroatoms. The quantitative estimate of drug-likeness (QED) is 0.823. The Bertz CT molecular complexity index is 478. The molecule has 2 rings (SSSR count). The minimum Gasteiger partial charge on any atom is -0.369 e. The maximum atomic E-state index is 4.30. The molecule has 1 unspecified atom stereocenters. The maximum Gasteiger partial charge on any atom is 0.137 e. The number of hydrogen-bond donors (Lipinski definition) is 2. The fraction of sp³-hybridized carbons (Fsp3) is 0.385. The van der Waals surface area contributed by atoms with Crippen LogP contribution in [0.25, 0.3) is 10.9 Å². The molecular weight excluding hydrogens is 212 g/mol. The largest absolute Gasteiger partial charge is 0.369 e. The Morgan fingerprint density at radius 1 is 1.18 bits per heavy atom. The van der Waals surface area contributed by atoms with Crippen molar-refractivity contribution >= 4 is 16.7 Å². The molecule has 1 aromatic heterocycles. The molecule has 90 valence electrons. The molecule has 0 bridgehead atoms. The Labute approximate surface area is 101 Å². The van der Waals surface area contributed by atoms with Crippen LogP contribution < -0.4 is 10.6 Å². The minimum atomic E-state index is 0.564. The highest BCUT2D eigenvalue weighted by Crippen LogP contribution is 2.18. The molecule has 0 spiro atoms. The molecule has 0 saturated carbocycles. The Hall–Kier alpha value is -1.68. The van der Waals surface area contributed by atoms with Crippen LogP contribution in [0.3, 0.4) is 0 Å². The first-order valence-corrected chi connectivity index (χ1v) is 5.89. The van der Waals surface area contributed by atoms with Gasteiger partial charge in [-0.25, -0.2) is 9.97 Å². The number of nitrogens with one attached hydrogen (secondary N) is 2. The van der Waals surface area contributed by atoms with Crippen molar-refractivity contribution in [2.75, 3.05) is 25.5 Å². The van der Waals surface area contributed by atoms with E-state index < -0.39 is 0 Å². The van der Waals surface area contributed by atoms with E-state index in [2.05, 4.69) is 27.5 Å². The van der Waals surface area contributed by atoms with Crippen molar-refractivity contribution in [1.82, 2.24) is 15.3 Å². The lowest BCUT2D eigenvalue weighted by molar-refractivity contribution is 0.569. The van der Waals surface area contributed by atoms with Crippen LogP contribution in [0.2, 0.25) is 0 Å². The second kappa shape index (κ2) is 5.59. The van der Waals surface area contributed by atoms with E-state index in [-0.39, 0.29) is 0 Å². The average molecular weight is 230 g/mol. The van der Waals surface area contributed by atoms with Crippen LogP contribution in [0.5, 0.6) is 0 Å². The van der Waals surface area contributed by atoms with E-state index in [9.17, 15) is 0 Å². The van der Waals surface area contributed by atoms with Gasteiger partial charge < -0.3 is 10.6 Å². The number of anilines is 1. The van der Waals surface area contributed by atoms with Gasteiger partial charge in [0.2, 0.25) is 0 Å². The second-order valence-corrected chi connectivity index (χ2v) is 4.28. The van der Waals surface area contributed by atoms with Gasteiger partial charge >= 0.3 is 0 Å². The van der Waals surface area contributed by atoms with Crippen LogP contribution in [0.15, 0.2) is 30.6 Å². The zero-order chi connectivity index (χ0) is 12.1. The molecular formula is C13H18N4. The third-order valence-corrected chi connectivity index (χ3v) is 2.71. The first kappa shape index (κ1) is 11.8. The SMILES string of the molecule is CNCC(C)CNc1ncnc2ccccc12. The van der Waals surface area contributed by atoms with E-state index in [0.29, 0.717) is 5.92 Å². The minimum absolute atomic E-state index is 0.564. The predicted octanol–water partition coefficient (Wildman–Crippen LogP) is 1.90. The summed E-state index contributed by atoms with van der Waals surface area (Å²) in [6.07, 6.45) is 1.60. The third-order valence-electron chi connectivity index (χ3n) is 2.71. The molecule has 2 aromatic rings. The van der Waals surface area contributed by atoms with E-state index in [4.69, 9.17) is 0 Å². The summed E-state index contributed by atoms with van der Waals surface area (Å²) < 4.78 is 0. The summed E-state index contributed by atoms with van der Waals surface area (Å²) in [5, 5.41) is 7.62. The van der Waals surface area contributed by atoms with Crippen LogP contribution in [-0.2, 0) is 0 Å². The summed E-state index contributed by atoms with van der Waals surface area (Å²) in [7, 11) is 1.97. The van der Waals surface area contributed by atoms with Gasteiger partial charge in [-0.05, 0) is 31.6 Å². The number of rotatable bonds is 5. The molecule has 0 aliphatic carbocycles. The highest BCUT2D eigenvalue weighted by atomic mass is 15.0. The van der Waals surface area contributed by atoms with E-state index in [1.165, 1.54) is 0 Å². The van der Waals surface area contributed by atoms with E-state index >= 15 is 0 Å². The molecule has 0 aliphatic heterocycles. The lowest BCUT2D eigenvalue weighted by Gasteiger charge is -2.13. The number of aromatic nitrogens is 2.